The molecule has 15 heavy (non-hydrogen) atoms. The van der Waals surface area contributed by atoms with Gasteiger partial charge in [0.15, 0.2) is 0 Å². The zero-order valence-electron chi connectivity index (χ0n) is 9.41. The van der Waals surface area contributed by atoms with Crippen molar-refractivity contribution >= 4 is 0 Å². The van der Waals surface area contributed by atoms with Crippen molar-refractivity contribution in [2.75, 3.05) is 52.4 Å². The second kappa shape index (κ2) is 11.8. The monoisotopic (exact) mass is 219 g/mol. The number of rotatable bonds is 11. The molecule has 6 nitrogen and oxygen atoms in total. The molecule has 0 aromatic heterocycles. The number of nitrogens with two attached hydrogens (primary N) is 2. The van der Waals surface area contributed by atoms with Crippen molar-refractivity contribution in [1.82, 2.24) is 15.7 Å². The van der Waals surface area contributed by atoms with Gasteiger partial charge >= 0.3 is 0 Å². The molecule has 0 atom stereocenters. The molecule has 0 aliphatic heterocycles. The summed E-state index contributed by atoms with van der Waals surface area (Å²) in [5.41, 5.74) is 10.7. The zero-order valence-corrected chi connectivity index (χ0v) is 9.41. The lowest BCUT2D eigenvalue weighted by molar-refractivity contribution is -0.0892. The fraction of sp³-hybridized carbons (Fsp3) is 1.00. The Bertz CT molecular complexity index is 125. The van der Waals surface area contributed by atoms with Gasteiger partial charge < -0.3 is 27.3 Å². The summed E-state index contributed by atoms with van der Waals surface area (Å²) >= 11 is 0. The van der Waals surface area contributed by atoms with Gasteiger partial charge in [0, 0.05) is 45.8 Å². The van der Waals surface area contributed by atoms with E-state index in [4.69, 9.17) is 11.5 Å². The molecule has 0 rings (SSSR count). The number of nitrogens with one attached hydrogen (secondary N) is 2. The Labute approximate surface area is 91.9 Å². The van der Waals surface area contributed by atoms with Gasteiger partial charge in [0.05, 0.1) is 0 Å². The number of nitrogens with zero attached hydrogens (tertiary/aromatic N) is 1. The first-order valence-electron chi connectivity index (χ1n) is 5.56. The zero-order chi connectivity index (χ0) is 11.4. The van der Waals surface area contributed by atoms with Crippen molar-refractivity contribution in [2.24, 2.45) is 11.5 Å². The predicted octanol–water partition coefficient (Wildman–Crippen LogP) is -1.84. The molecule has 0 aromatic rings. The van der Waals surface area contributed by atoms with E-state index >= 15 is 0 Å². The second-order valence-electron chi connectivity index (χ2n) is 3.38. The Kier molecular flexibility index (Phi) is 11.6. The lowest BCUT2D eigenvalue weighted by atomic mass is 10.4. The van der Waals surface area contributed by atoms with Gasteiger partial charge in [0.2, 0.25) is 0 Å². The molecule has 0 aliphatic rings. The number of hydroxylamine groups is 2. The van der Waals surface area contributed by atoms with Crippen LogP contribution in [0.4, 0.5) is 0 Å². The summed E-state index contributed by atoms with van der Waals surface area (Å²) in [5.74, 6) is 0. The Hall–Kier alpha value is -0.240. The van der Waals surface area contributed by atoms with Gasteiger partial charge in [-0.2, -0.15) is 5.06 Å². The van der Waals surface area contributed by atoms with Crippen LogP contribution in [0.2, 0.25) is 0 Å². The van der Waals surface area contributed by atoms with Gasteiger partial charge in [-0.1, -0.05) is 0 Å². The maximum absolute atomic E-state index is 9.33. The van der Waals surface area contributed by atoms with Crippen LogP contribution in [0.3, 0.4) is 0 Å². The lowest BCUT2D eigenvalue weighted by Crippen LogP contribution is -2.35. The van der Waals surface area contributed by atoms with E-state index in [-0.39, 0.29) is 0 Å². The molecule has 0 saturated carbocycles. The highest BCUT2D eigenvalue weighted by Gasteiger charge is 1.97. The molecule has 0 spiro atoms. The van der Waals surface area contributed by atoms with Crippen LogP contribution in [0, 0.1) is 0 Å². The van der Waals surface area contributed by atoms with Crippen molar-refractivity contribution in [3.63, 3.8) is 0 Å². The van der Waals surface area contributed by atoms with E-state index in [1.165, 1.54) is 5.06 Å². The van der Waals surface area contributed by atoms with Gasteiger partial charge in [-0.15, -0.1) is 0 Å². The fourth-order valence-electron chi connectivity index (χ4n) is 1.12. The molecule has 0 fully saturated rings. The minimum atomic E-state index is 0.619. The maximum atomic E-state index is 9.33. The largest absolute Gasteiger partial charge is 0.330 e. The van der Waals surface area contributed by atoms with Crippen LogP contribution in [-0.2, 0) is 0 Å². The summed E-state index contributed by atoms with van der Waals surface area (Å²) in [6, 6.07) is 0. The molecule has 0 aromatic carbocycles. The highest BCUT2D eigenvalue weighted by molar-refractivity contribution is 4.54. The van der Waals surface area contributed by atoms with Crippen molar-refractivity contribution in [3.8, 4) is 0 Å². The van der Waals surface area contributed by atoms with E-state index in [0.29, 0.717) is 26.2 Å². The smallest absolute Gasteiger partial charge is 0.0363 e. The average molecular weight is 219 g/mol. The molecule has 0 amide bonds. The van der Waals surface area contributed by atoms with Crippen molar-refractivity contribution in [2.45, 2.75) is 6.42 Å². The van der Waals surface area contributed by atoms with Crippen molar-refractivity contribution < 1.29 is 5.21 Å². The third kappa shape index (κ3) is 11.7. The Morgan fingerprint density at radius 2 is 1.53 bits per heavy atom. The molecule has 0 unspecified atom stereocenters. The van der Waals surface area contributed by atoms with Crippen LogP contribution in [0.15, 0.2) is 0 Å². The average Bonchev–Trinajstić information content (AvgIpc) is 2.25. The Morgan fingerprint density at radius 3 is 2.13 bits per heavy atom. The molecule has 6 heteroatoms. The van der Waals surface area contributed by atoms with Crippen LogP contribution in [0.1, 0.15) is 6.42 Å². The van der Waals surface area contributed by atoms with Gasteiger partial charge in [-0.3, -0.25) is 0 Å². The van der Waals surface area contributed by atoms with Crippen molar-refractivity contribution in [3.05, 3.63) is 0 Å². The maximum Gasteiger partial charge on any atom is 0.0363 e. The summed E-state index contributed by atoms with van der Waals surface area (Å²) in [7, 11) is 0. The first-order valence-corrected chi connectivity index (χ1v) is 5.56. The van der Waals surface area contributed by atoms with E-state index < -0.39 is 0 Å². The van der Waals surface area contributed by atoms with Crippen LogP contribution in [0.5, 0.6) is 0 Å². The first kappa shape index (κ1) is 14.8. The first-order chi connectivity index (χ1) is 7.31. The third-order valence-electron chi connectivity index (χ3n) is 1.97. The molecule has 0 heterocycles. The summed E-state index contributed by atoms with van der Waals surface area (Å²) in [4.78, 5) is 0. The van der Waals surface area contributed by atoms with Gasteiger partial charge in [0.25, 0.3) is 0 Å². The Morgan fingerprint density at radius 1 is 0.867 bits per heavy atom. The van der Waals surface area contributed by atoms with Crippen LogP contribution >= 0.6 is 0 Å². The standard InChI is InChI=1S/C9H25N5O/c10-2-1-8-14(15)9-7-13-6-5-12-4-3-11/h12-13,15H,1-11H2. The summed E-state index contributed by atoms with van der Waals surface area (Å²) < 4.78 is 0. The molecular formula is C9H25N5O. The van der Waals surface area contributed by atoms with E-state index in [1.807, 2.05) is 0 Å². The van der Waals surface area contributed by atoms with E-state index in [0.717, 1.165) is 32.6 Å². The van der Waals surface area contributed by atoms with Gasteiger partial charge in [0.1, 0.15) is 0 Å². The number of hydrogen-bond acceptors (Lipinski definition) is 6. The quantitative estimate of drug-likeness (QED) is 0.207. The van der Waals surface area contributed by atoms with Crippen molar-refractivity contribution in [1.29, 1.82) is 0 Å². The second-order valence-corrected chi connectivity index (χ2v) is 3.38. The fourth-order valence-corrected chi connectivity index (χ4v) is 1.12. The van der Waals surface area contributed by atoms with Gasteiger partial charge in [-0.25, -0.2) is 0 Å². The third-order valence-corrected chi connectivity index (χ3v) is 1.97. The van der Waals surface area contributed by atoms with E-state index in [9.17, 15) is 5.21 Å². The molecule has 0 aliphatic carbocycles. The molecule has 0 radical (unpaired) electrons. The molecule has 7 N–H and O–H groups in total. The van der Waals surface area contributed by atoms with Crippen LogP contribution in [-0.4, -0.2) is 62.6 Å². The van der Waals surface area contributed by atoms with E-state index in [1.54, 1.807) is 0 Å². The summed E-state index contributed by atoms with van der Waals surface area (Å²) in [6.07, 6.45) is 0.828. The minimum absolute atomic E-state index is 0.619. The van der Waals surface area contributed by atoms with E-state index in [2.05, 4.69) is 10.6 Å². The predicted molar refractivity (Wildman–Crippen MR) is 61.8 cm³/mol. The summed E-state index contributed by atoms with van der Waals surface area (Å²) in [6.45, 7) is 6.00. The number of hydrogen-bond donors (Lipinski definition) is 5. The van der Waals surface area contributed by atoms with Crippen LogP contribution in [0.25, 0.3) is 0 Å². The molecule has 0 bridgehead atoms. The minimum Gasteiger partial charge on any atom is -0.330 e. The van der Waals surface area contributed by atoms with Crippen LogP contribution < -0.4 is 22.1 Å². The lowest BCUT2D eigenvalue weighted by Gasteiger charge is -2.14. The van der Waals surface area contributed by atoms with Gasteiger partial charge in [-0.05, 0) is 13.0 Å². The molecule has 92 valence electrons. The highest BCUT2D eigenvalue weighted by Crippen LogP contribution is 1.82. The Balaban J connectivity index is 3.02. The topological polar surface area (TPSA) is 99.6 Å². The summed E-state index contributed by atoms with van der Waals surface area (Å²) in [5, 5.41) is 17.0. The molecular weight excluding hydrogens is 194 g/mol. The SMILES string of the molecule is NCCCN(O)CCNCCNCCN. The highest BCUT2D eigenvalue weighted by atomic mass is 16.5. The molecule has 0 saturated heterocycles. The normalized spacial score (nSPS) is 11.2.